The molecular formula is C20H18N2O3. The van der Waals surface area contributed by atoms with Crippen molar-refractivity contribution < 1.29 is 14.4 Å². The zero-order valence-electron chi connectivity index (χ0n) is 13.9. The van der Waals surface area contributed by atoms with Crippen LogP contribution in [0.4, 0.5) is 5.69 Å². The summed E-state index contributed by atoms with van der Waals surface area (Å²) < 4.78 is 0. The number of fused-ring (bicyclic) bond motifs is 1. The number of hydrogen-bond donors (Lipinski definition) is 1. The third kappa shape index (κ3) is 3.35. The van der Waals surface area contributed by atoms with Crippen LogP contribution in [0.2, 0.25) is 0 Å². The largest absolute Gasteiger partial charge is 0.326 e. The number of Topliss-reactive ketones (excluding diaryl/α,β-unsaturated/α-hetero) is 1. The Bertz CT molecular complexity index is 851. The van der Waals surface area contributed by atoms with E-state index in [0.29, 0.717) is 22.5 Å². The maximum Gasteiger partial charge on any atom is 0.258 e. The zero-order valence-corrected chi connectivity index (χ0v) is 13.9. The molecule has 0 atom stereocenters. The third-order valence-electron chi connectivity index (χ3n) is 4.15. The number of benzene rings is 2. The number of nitrogens with zero attached hydrogens (tertiary/aromatic N) is 1. The fourth-order valence-corrected chi connectivity index (χ4v) is 2.82. The first-order valence-corrected chi connectivity index (χ1v) is 7.98. The topological polar surface area (TPSA) is 66.5 Å². The van der Waals surface area contributed by atoms with Gasteiger partial charge in [-0.05, 0) is 25.1 Å². The van der Waals surface area contributed by atoms with E-state index < -0.39 is 0 Å². The molecule has 1 heterocycles. The second kappa shape index (κ2) is 6.73. The van der Waals surface area contributed by atoms with Crippen molar-refractivity contribution in [2.24, 2.45) is 0 Å². The molecule has 0 aromatic heterocycles. The van der Waals surface area contributed by atoms with Crippen LogP contribution in [-0.2, 0) is 4.79 Å². The van der Waals surface area contributed by atoms with Crippen molar-refractivity contribution in [1.29, 1.82) is 0 Å². The van der Waals surface area contributed by atoms with Crippen LogP contribution in [0.25, 0.3) is 5.70 Å². The van der Waals surface area contributed by atoms with E-state index in [4.69, 9.17) is 0 Å². The highest BCUT2D eigenvalue weighted by atomic mass is 16.2. The summed E-state index contributed by atoms with van der Waals surface area (Å²) >= 11 is 0. The van der Waals surface area contributed by atoms with Gasteiger partial charge in [-0.25, -0.2) is 0 Å². The molecular weight excluding hydrogens is 316 g/mol. The first kappa shape index (κ1) is 16.6. The lowest BCUT2D eigenvalue weighted by molar-refractivity contribution is -0.116. The van der Waals surface area contributed by atoms with Crippen molar-refractivity contribution in [3.8, 4) is 0 Å². The van der Waals surface area contributed by atoms with Gasteiger partial charge < -0.3 is 10.2 Å². The Labute approximate surface area is 146 Å². The molecule has 0 bridgehead atoms. The number of anilines is 1. The molecule has 0 radical (unpaired) electrons. The Hall–Kier alpha value is -3.21. The molecule has 5 heteroatoms. The highest BCUT2D eigenvalue weighted by Gasteiger charge is 2.30. The summed E-state index contributed by atoms with van der Waals surface area (Å²) in [6.07, 6.45) is 0.142. The van der Waals surface area contributed by atoms with Gasteiger partial charge in [-0.15, -0.1) is 0 Å². The molecule has 5 nitrogen and oxygen atoms in total. The first-order chi connectivity index (χ1) is 12.0. The van der Waals surface area contributed by atoms with Gasteiger partial charge in [-0.2, -0.15) is 0 Å². The normalized spacial score (nSPS) is 12.9. The first-order valence-electron chi connectivity index (χ1n) is 7.98. The molecule has 0 saturated carbocycles. The summed E-state index contributed by atoms with van der Waals surface area (Å²) in [4.78, 5) is 37.5. The zero-order chi connectivity index (χ0) is 18.0. The number of carbonyl (C=O) groups is 3. The summed E-state index contributed by atoms with van der Waals surface area (Å²) in [6.45, 7) is 5.69. The number of amides is 2. The van der Waals surface area contributed by atoms with E-state index in [0.717, 1.165) is 5.56 Å². The van der Waals surface area contributed by atoms with Crippen LogP contribution in [0, 0.1) is 0 Å². The Morgan fingerprint density at radius 2 is 1.80 bits per heavy atom. The molecule has 0 fully saturated rings. The highest BCUT2D eigenvalue weighted by Crippen LogP contribution is 2.31. The van der Waals surface area contributed by atoms with Crippen molar-refractivity contribution in [1.82, 2.24) is 4.90 Å². The van der Waals surface area contributed by atoms with Crippen LogP contribution in [0.1, 0.15) is 39.6 Å². The molecule has 0 saturated heterocycles. The molecule has 1 aliphatic heterocycles. The number of ketones is 1. The lowest BCUT2D eigenvalue weighted by Crippen LogP contribution is -2.27. The Morgan fingerprint density at radius 1 is 1.08 bits per heavy atom. The second-order valence-corrected chi connectivity index (χ2v) is 5.88. The Kier molecular flexibility index (Phi) is 4.48. The summed E-state index contributed by atoms with van der Waals surface area (Å²) in [7, 11) is 0. The van der Waals surface area contributed by atoms with Crippen molar-refractivity contribution >= 4 is 29.0 Å². The smallest absolute Gasteiger partial charge is 0.258 e. The average Bonchev–Trinajstić information content (AvgIpc) is 2.85. The van der Waals surface area contributed by atoms with Gasteiger partial charge in [0.15, 0.2) is 5.78 Å². The molecule has 126 valence electrons. The summed E-state index contributed by atoms with van der Waals surface area (Å²) in [5.74, 6) is -0.419. The van der Waals surface area contributed by atoms with Gasteiger partial charge in [0, 0.05) is 41.0 Å². The van der Waals surface area contributed by atoms with Crippen LogP contribution in [0.3, 0.4) is 0 Å². The SMILES string of the molecule is C=C1c2ccccc2C(=O)N1CCC(=O)Nc1cccc(C(C)=O)c1. The lowest BCUT2D eigenvalue weighted by Gasteiger charge is -2.17. The number of hydrogen-bond acceptors (Lipinski definition) is 3. The lowest BCUT2D eigenvalue weighted by atomic mass is 10.1. The van der Waals surface area contributed by atoms with Crippen LogP contribution in [0.15, 0.2) is 55.1 Å². The van der Waals surface area contributed by atoms with Gasteiger partial charge in [-0.1, -0.05) is 36.9 Å². The Balaban J connectivity index is 1.62. The Morgan fingerprint density at radius 3 is 2.48 bits per heavy atom. The predicted molar refractivity (Wildman–Crippen MR) is 96.2 cm³/mol. The van der Waals surface area contributed by atoms with Gasteiger partial charge in [0.1, 0.15) is 0 Å². The molecule has 2 aromatic rings. The molecule has 1 N–H and O–H groups in total. The minimum atomic E-state index is -0.225. The van der Waals surface area contributed by atoms with E-state index in [1.165, 1.54) is 11.8 Å². The molecule has 2 amide bonds. The molecule has 0 aliphatic carbocycles. The maximum atomic E-state index is 12.4. The quantitative estimate of drug-likeness (QED) is 0.853. The third-order valence-corrected chi connectivity index (χ3v) is 4.15. The summed E-state index contributed by atoms with van der Waals surface area (Å²) in [6, 6.07) is 14.0. The van der Waals surface area contributed by atoms with Gasteiger partial charge in [0.25, 0.3) is 5.91 Å². The molecule has 0 spiro atoms. The van der Waals surface area contributed by atoms with E-state index in [2.05, 4.69) is 11.9 Å². The number of rotatable bonds is 5. The number of nitrogens with one attached hydrogen (secondary N) is 1. The van der Waals surface area contributed by atoms with Gasteiger partial charge >= 0.3 is 0 Å². The average molecular weight is 334 g/mol. The van der Waals surface area contributed by atoms with Gasteiger partial charge in [-0.3, -0.25) is 14.4 Å². The van der Waals surface area contributed by atoms with Crippen LogP contribution >= 0.6 is 0 Å². The van der Waals surface area contributed by atoms with Crippen molar-refractivity contribution in [2.75, 3.05) is 11.9 Å². The van der Waals surface area contributed by atoms with Gasteiger partial charge in [0.2, 0.25) is 5.91 Å². The standard InChI is InChI=1S/C20H18N2O3/c1-13-17-8-3-4-9-18(17)20(25)22(13)11-10-19(24)21-16-7-5-6-15(12-16)14(2)23/h3-9,12H,1,10-11H2,2H3,(H,21,24). The van der Waals surface area contributed by atoms with Gasteiger partial charge in [0.05, 0.1) is 0 Å². The van der Waals surface area contributed by atoms with Crippen molar-refractivity contribution in [3.63, 3.8) is 0 Å². The molecule has 0 unspecified atom stereocenters. The van der Waals surface area contributed by atoms with Crippen molar-refractivity contribution in [2.45, 2.75) is 13.3 Å². The summed E-state index contributed by atoms with van der Waals surface area (Å²) in [5.41, 5.74) is 3.14. The minimum absolute atomic E-state index is 0.0622. The van der Waals surface area contributed by atoms with E-state index in [-0.39, 0.29) is 30.6 Å². The van der Waals surface area contributed by atoms with E-state index in [1.807, 2.05) is 18.2 Å². The fourth-order valence-electron chi connectivity index (χ4n) is 2.82. The van der Waals surface area contributed by atoms with Crippen LogP contribution in [0.5, 0.6) is 0 Å². The summed E-state index contributed by atoms with van der Waals surface area (Å²) in [5, 5.41) is 2.75. The molecule has 3 rings (SSSR count). The fraction of sp³-hybridized carbons (Fsp3) is 0.150. The van der Waals surface area contributed by atoms with E-state index >= 15 is 0 Å². The maximum absolute atomic E-state index is 12.4. The predicted octanol–water partition coefficient (Wildman–Crippen LogP) is 3.34. The molecule has 25 heavy (non-hydrogen) atoms. The van der Waals surface area contributed by atoms with Crippen LogP contribution < -0.4 is 5.32 Å². The highest BCUT2D eigenvalue weighted by molar-refractivity contribution is 6.09. The van der Waals surface area contributed by atoms with Crippen LogP contribution in [-0.4, -0.2) is 29.0 Å². The molecule has 2 aromatic carbocycles. The van der Waals surface area contributed by atoms with E-state index in [9.17, 15) is 14.4 Å². The second-order valence-electron chi connectivity index (χ2n) is 5.88. The van der Waals surface area contributed by atoms with Crippen molar-refractivity contribution in [3.05, 3.63) is 71.8 Å². The minimum Gasteiger partial charge on any atom is -0.326 e. The van der Waals surface area contributed by atoms with E-state index in [1.54, 1.807) is 30.3 Å². The molecule has 1 aliphatic rings. The number of carbonyl (C=O) groups excluding carboxylic acids is 3. The monoisotopic (exact) mass is 334 g/mol.